The standard InChI is InChI=1S/C18H17N3O4/c1-23-14-9-5-6-10-15(14)24-12-17(22)19-11-16-20-18(25-21-16)13-7-3-2-4-8-13/h2-10H,11-12H2,1H3,(H,19,22). The Kier molecular flexibility index (Phi) is 5.26. The highest BCUT2D eigenvalue weighted by molar-refractivity contribution is 5.77. The van der Waals surface area contributed by atoms with Crippen LogP contribution < -0.4 is 14.8 Å². The van der Waals surface area contributed by atoms with Crippen molar-refractivity contribution in [1.29, 1.82) is 0 Å². The fourth-order valence-electron chi connectivity index (χ4n) is 2.13. The van der Waals surface area contributed by atoms with Gasteiger partial charge in [-0.2, -0.15) is 4.98 Å². The molecule has 2 aromatic carbocycles. The van der Waals surface area contributed by atoms with Gasteiger partial charge in [0.05, 0.1) is 13.7 Å². The van der Waals surface area contributed by atoms with Crippen LogP contribution in [0, 0.1) is 0 Å². The number of aromatic nitrogens is 2. The summed E-state index contributed by atoms with van der Waals surface area (Å²) in [5, 5.41) is 6.53. The molecule has 0 saturated heterocycles. The third kappa shape index (κ3) is 4.35. The fraction of sp³-hybridized carbons (Fsp3) is 0.167. The minimum atomic E-state index is -0.294. The second-order valence-corrected chi connectivity index (χ2v) is 5.10. The van der Waals surface area contributed by atoms with Crippen LogP contribution in [0.2, 0.25) is 0 Å². The monoisotopic (exact) mass is 339 g/mol. The number of nitrogens with one attached hydrogen (secondary N) is 1. The normalized spacial score (nSPS) is 10.3. The van der Waals surface area contributed by atoms with Crippen LogP contribution in [0.5, 0.6) is 11.5 Å². The molecule has 0 aliphatic heterocycles. The quantitative estimate of drug-likeness (QED) is 0.711. The molecule has 7 nitrogen and oxygen atoms in total. The number of ether oxygens (including phenoxy) is 2. The first-order chi connectivity index (χ1) is 12.3. The maximum absolute atomic E-state index is 11.9. The Morgan fingerprint density at radius 3 is 2.56 bits per heavy atom. The van der Waals surface area contributed by atoms with Crippen molar-refractivity contribution in [1.82, 2.24) is 15.5 Å². The maximum Gasteiger partial charge on any atom is 0.258 e. The number of carbonyl (C=O) groups is 1. The van der Waals surface area contributed by atoms with Crippen LogP contribution in [0.25, 0.3) is 11.5 Å². The van der Waals surface area contributed by atoms with Gasteiger partial charge in [0.1, 0.15) is 0 Å². The summed E-state index contributed by atoms with van der Waals surface area (Å²) in [5.74, 6) is 1.59. The molecule has 1 N–H and O–H groups in total. The molecule has 0 atom stereocenters. The molecule has 0 saturated carbocycles. The highest BCUT2D eigenvalue weighted by atomic mass is 16.5. The van der Waals surface area contributed by atoms with Crippen molar-refractivity contribution in [2.75, 3.05) is 13.7 Å². The number of hydrogen-bond acceptors (Lipinski definition) is 6. The summed E-state index contributed by atoms with van der Waals surface area (Å²) in [7, 11) is 1.54. The molecule has 1 aromatic heterocycles. The number of amides is 1. The van der Waals surface area contributed by atoms with Crippen LogP contribution in [0.3, 0.4) is 0 Å². The Morgan fingerprint density at radius 2 is 1.80 bits per heavy atom. The molecule has 25 heavy (non-hydrogen) atoms. The molecule has 0 spiro atoms. The van der Waals surface area contributed by atoms with Gasteiger partial charge in [0.2, 0.25) is 0 Å². The molecule has 3 rings (SSSR count). The Morgan fingerprint density at radius 1 is 1.08 bits per heavy atom. The van der Waals surface area contributed by atoms with Crippen LogP contribution in [-0.4, -0.2) is 29.8 Å². The maximum atomic E-state index is 11.9. The predicted molar refractivity (Wildman–Crippen MR) is 90.1 cm³/mol. The predicted octanol–water partition coefficient (Wildman–Crippen LogP) is 2.44. The summed E-state index contributed by atoms with van der Waals surface area (Å²) in [6, 6.07) is 16.5. The van der Waals surface area contributed by atoms with Gasteiger partial charge in [-0.3, -0.25) is 4.79 Å². The number of methoxy groups -OCH3 is 1. The minimum Gasteiger partial charge on any atom is -0.493 e. The van der Waals surface area contributed by atoms with Crippen molar-refractivity contribution >= 4 is 5.91 Å². The Bertz CT molecular complexity index is 833. The Hall–Kier alpha value is -3.35. The van der Waals surface area contributed by atoms with Gasteiger partial charge in [-0.15, -0.1) is 0 Å². The fourth-order valence-corrected chi connectivity index (χ4v) is 2.13. The molecule has 3 aromatic rings. The third-order valence-electron chi connectivity index (χ3n) is 3.36. The summed E-state index contributed by atoms with van der Waals surface area (Å²) < 4.78 is 15.8. The topological polar surface area (TPSA) is 86.5 Å². The lowest BCUT2D eigenvalue weighted by molar-refractivity contribution is -0.123. The smallest absolute Gasteiger partial charge is 0.258 e. The molecule has 0 aliphatic rings. The second kappa shape index (κ2) is 7.96. The molecule has 0 bridgehead atoms. The lowest BCUT2D eigenvalue weighted by Gasteiger charge is -2.09. The second-order valence-electron chi connectivity index (χ2n) is 5.10. The van der Waals surface area contributed by atoms with Gasteiger partial charge in [0, 0.05) is 5.56 Å². The van der Waals surface area contributed by atoms with Gasteiger partial charge < -0.3 is 19.3 Å². The number of carbonyl (C=O) groups excluding carboxylic acids is 1. The molecule has 128 valence electrons. The summed E-state index contributed by atoms with van der Waals surface area (Å²) >= 11 is 0. The van der Waals surface area contributed by atoms with Gasteiger partial charge in [-0.05, 0) is 24.3 Å². The number of rotatable bonds is 7. The summed E-state index contributed by atoms with van der Waals surface area (Å²) in [5.41, 5.74) is 0.826. The van der Waals surface area contributed by atoms with Gasteiger partial charge in [-0.1, -0.05) is 35.5 Å². The van der Waals surface area contributed by atoms with Crippen LogP contribution >= 0.6 is 0 Å². The van der Waals surface area contributed by atoms with E-state index >= 15 is 0 Å². The van der Waals surface area contributed by atoms with E-state index in [0.717, 1.165) is 5.56 Å². The van der Waals surface area contributed by atoms with E-state index in [0.29, 0.717) is 23.2 Å². The van der Waals surface area contributed by atoms with E-state index in [1.165, 1.54) is 0 Å². The zero-order valence-corrected chi connectivity index (χ0v) is 13.6. The van der Waals surface area contributed by atoms with Crippen molar-refractivity contribution in [2.45, 2.75) is 6.54 Å². The van der Waals surface area contributed by atoms with E-state index in [1.807, 2.05) is 36.4 Å². The van der Waals surface area contributed by atoms with Crippen molar-refractivity contribution in [3.8, 4) is 23.0 Å². The third-order valence-corrected chi connectivity index (χ3v) is 3.36. The number of nitrogens with zero attached hydrogens (tertiary/aromatic N) is 2. The molecule has 0 fully saturated rings. The van der Waals surface area contributed by atoms with Crippen molar-refractivity contribution < 1.29 is 18.8 Å². The van der Waals surface area contributed by atoms with E-state index in [9.17, 15) is 4.79 Å². The van der Waals surface area contributed by atoms with Gasteiger partial charge in [-0.25, -0.2) is 0 Å². The average Bonchev–Trinajstić information content (AvgIpc) is 3.14. The molecular formula is C18H17N3O4. The summed E-state index contributed by atoms with van der Waals surface area (Å²) in [6.07, 6.45) is 0. The molecule has 1 amide bonds. The summed E-state index contributed by atoms with van der Waals surface area (Å²) in [6.45, 7) is 0.0220. The minimum absolute atomic E-state index is 0.135. The van der Waals surface area contributed by atoms with E-state index in [1.54, 1.807) is 25.3 Å². The van der Waals surface area contributed by atoms with Crippen molar-refractivity contribution in [3.63, 3.8) is 0 Å². The number of para-hydroxylation sites is 2. The van der Waals surface area contributed by atoms with Gasteiger partial charge >= 0.3 is 0 Å². The van der Waals surface area contributed by atoms with Crippen LogP contribution in [0.1, 0.15) is 5.82 Å². The molecule has 0 aliphatic carbocycles. The molecule has 0 radical (unpaired) electrons. The van der Waals surface area contributed by atoms with E-state index in [4.69, 9.17) is 14.0 Å². The first-order valence-electron chi connectivity index (χ1n) is 7.67. The zero-order valence-electron chi connectivity index (χ0n) is 13.6. The molecule has 7 heteroatoms. The lowest BCUT2D eigenvalue weighted by atomic mass is 10.2. The van der Waals surface area contributed by atoms with Crippen molar-refractivity contribution in [2.24, 2.45) is 0 Å². The van der Waals surface area contributed by atoms with E-state index < -0.39 is 0 Å². The Balaban J connectivity index is 1.50. The van der Waals surface area contributed by atoms with Crippen LogP contribution in [-0.2, 0) is 11.3 Å². The SMILES string of the molecule is COc1ccccc1OCC(=O)NCc1noc(-c2ccccc2)n1. The highest BCUT2D eigenvalue weighted by Crippen LogP contribution is 2.25. The van der Waals surface area contributed by atoms with Gasteiger partial charge in [0.15, 0.2) is 23.9 Å². The highest BCUT2D eigenvalue weighted by Gasteiger charge is 2.11. The van der Waals surface area contributed by atoms with Crippen molar-refractivity contribution in [3.05, 3.63) is 60.4 Å². The van der Waals surface area contributed by atoms with Gasteiger partial charge in [0.25, 0.3) is 11.8 Å². The van der Waals surface area contributed by atoms with Crippen LogP contribution in [0.4, 0.5) is 0 Å². The lowest BCUT2D eigenvalue weighted by Crippen LogP contribution is -2.28. The number of hydrogen-bond donors (Lipinski definition) is 1. The van der Waals surface area contributed by atoms with E-state index in [-0.39, 0.29) is 19.1 Å². The molecule has 0 unspecified atom stereocenters. The molecule has 1 heterocycles. The van der Waals surface area contributed by atoms with Crippen LogP contribution in [0.15, 0.2) is 59.1 Å². The largest absolute Gasteiger partial charge is 0.493 e. The Labute approximate surface area is 144 Å². The first-order valence-corrected chi connectivity index (χ1v) is 7.67. The average molecular weight is 339 g/mol. The van der Waals surface area contributed by atoms with E-state index in [2.05, 4.69) is 15.5 Å². The number of benzene rings is 2. The molecular weight excluding hydrogens is 322 g/mol. The summed E-state index contributed by atoms with van der Waals surface area (Å²) in [4.78, 5) is 16.1. The first kappa shape index (κ1) is 16.5. The zero-order chi connectivity index (χ0) is 17.5.